The maximum absolute atomic E-state index is 11.7. The molecule has 24 heavy (non-hydrogen) atoms. The van der Waals surface area contributed by atoms with Crippen molar-refractivity contribution in [3.63, 3.8) is 0 Å². The molecule has 0 fully saturated rings. The second kappa shape index (κ2) is 9.57. The maximum Gasteiger partial charge on any atom is 0.316 e. The standard InChI is InChI=1S/C17H15Cl2NO3S/c18-13-4-6-15(7-5-13)24-11-17(22)23-10-16(21)20-9-12-2-1-3-14(19)8-12/h1-8H,9-11H2,(H,20,21). The van der Waals surface area contributed by atoms with Crippen LogP contribution in [0.1, 0.15) is 5.56 Å². The van der Waals surface area contributed by atoms with Crippen molar-refractivity contribution in [1.29, 1.82) is 0 Å². The fraction of sp³-hybridized carbons (Fsp3) is 0.176. The van der Waals surface area contributed by atoms with Gasteiger partial charge in [0.05, 0.1) is 5.75 Å². The van der Waals surface area contributed by atoms with Gasteiger partial charge in [-0.1, -0.05) is 35.3 Å². The van der Waals surface area contributed by atoms with E-state index in [1.165, 1.54) is 11.8 Å². The predicted octanol–water partition coefficient (Wildman–Crippen LogP) is 3.95. The minimum atomic E-state index is -0.451. The van der Waals surface area contributed by atoms with E-state index in [0.29, 0.717) is 16.6 Å². The fourth-order valence-electron chi connectivity index (χ4n) is 1.76. The van der Waals surface area contributed by atoms with Gasteiger partial charge in [-0.25, -0.2) is 0 Å². The summed E-state index contributed by atoms with van der Waals surface area (Å²) in [6.07, 6.45) is 0. The van der Waals surface area contributed by atoms with Crippen LogP contribution >= 0.6 is 35.0 Å². The first-order valence-corrected chi connectivity index (χ1v) is 8.82. The van der Waals surface area contributed by atoms with Crippen LogP contribution in [-0.2, 0) is 20.9 Å². The van der Waals surface area contributed by atoms with Gasteiger partial charge in [0.2, 0.25) is 0 Å². The van der Waals surface area contributed by atoms with Crippen molar-refractivity contribution < 1.29 is 14.3 Å². The molecule has 0 aliphatic carbocycles. The van der Waals surface area contributed by atoms with Gasteiger partial charge in [-0.3, -0.25) is 9.59 Å². The van der Waals surface area contributed by atoms with Crippen molar-refractivity contribution in [3.8, 4) is 0 Å². The highest BCUT2D eigenvalue weighted by atomic mass is 35.5. The second-order valence-electron chi connectivity index (χ2n) is 4.81. The third-order valence-electron chi connectivity index (χ3n) is 2.91. The summed E-state index contributed by atoms with van der Waals surface area (Å²) in [6, 6.07) is 14.3. The largest absolute Gasteiger partial charge is 0.455 e. The molecule has 0 spiro atoms. The Morgan fingerprint density at radius 2 is 1.79 bits per heavy atom. The lowest BCUT2D eigenvalue weighted by atomic mass is 10.2. The molecule has 0 heterocycles. The quantitative estimate of drug-likeness (QED) is 0.580. The van der Waals surface area contributed by atoms with E-state index < -0.39 is 5.97 Å². The van der Waals surface area contributed by atoms with E-state index in [2.05, 4.69) is 5.32 Å². The number of thioether (sulfide) groups is 1. The number of halogens is 2. The van der Waals surface area contributed by atoms with Gasteiger partial charge in [0, 0.05) is 21.5 Å². The molecule has 1 N–H and O–H groups in total. The van der Waals surface area contributed by atoms with Crippen LogP contribution in [-0.4, -0.2) is 24.2 Å². The number of rotatable bonds is 7. The number of nitrogens with one attached hydrogen (secondary N) is 1. The fourth-order valence-corrected chi connectivity index (χ4v) is 2.79. The highest BCUT2D eigenvalue weighted by molar-refractivity contribution is 8.00. The highest BCUT2D eigenvalue weighted by Gasteiger charge is 2.08. The molecule has 0 bridgehead atoms. The Hall–Kier alpha value is -1.69. The van der Waals surface area contributed by atoms with Crippen LogP contribution in [0.5, 0.6) is 0 Å². The van der Waals surface area contributed by atoms with Crippen molar-refractivity contribution in [2.45, 2.75) is 11.4 Å². The Labute approximate surface area is 154 Å². The van der Waals surface area contributed by atoms with E-state index in [0.717, 1.165) is 10.5 Å². The minimum absolute atomic E-state index is 0.128. The topological polar surface area (TPSA) is 55.4 Å². The van der Waals surface area contributed by atoms with Crippen LogP contribution in [0.15, 0.2) is 53.4 Å². The summed E-state index contributed by atoms with van der Waals surface area (Å²) in [6.45, 7) is 0.0248. The molecule has 0 saturated carbocycles. The first-order chi connectivity index (χ1) is 11.5. The zero-order valence-electron chi connectivity index (χ0n) is 12.6. The molecule has 0 atom stereocenters. The maximum atomic E-state index is 11.7. The number of ether oxygens (including phenoxy) is 1. The summed E-state index contributed by atoms with van der Waals surface area (Å²) < 4.78 is 4.94. The predicted molar refractivity (Wildman–Crippen MR) is 96.4 cm³/mol. The van der Waals surface area contributed by atoms with Crippen LogP contribution in [0, 0.1) is 0 Å². The molecule has 0 radical (unpaired) electrons. The first kappa shape index (κ1) is 18.6. The molecule has 0 aromatic heterocycles. The van der Waals surface area contributed by atoms with Gasteiger partial charge < -0.3 is 10.1 Å². The van der Waals surface area contributed by atoms with Crippen molar-refractivity contribution in [2.75, 3.05) is 12.4 Å². The number of hydrogen-bond donors (Lipinski definition) is 1. The van der Waals surface area contributed by atoms with E-state index in [-0.39, 0.29) is 18.3 Å². The summed E-state index contributed by atoms with van der Waals surface area (Å²) >= 11 is 13.0. The Morgan fingerprint density at radius 3 is 2.50 bits per heavy atom. The van der Waals surface area contributed by atoms with E-state index in [1.807, 2.05) is 18.2 Å². The number of hydrogen-bond acceptors (Lipinski definition) is 4. The van der Waals surface area contributed by atoms with Gasteiger partial charge in [-0.15, -0.1) is 11.8 Å². The highest BCUT2D eigenvalue weighted by Crippen LogP contribution is 2.20. The SMILES string of the molecule is O=C(COC(=O)CSc1ccc(Cl)cc1)NCc1cccc(Cl)c1. The summed E-state index contributed by atoms with van der Waals surface area (Å²) in [4.78, 5) is 24.2. The summed E-state index contributed by atoms with van der Waals surface area (Å²) in [5, 5.41) is 3.91. The molecule has 126 valence electrons. The lowest BCUT2D eigenvalue weighted by Crippen LogP contribution is -2.28. The average molecular weight is 384 g/mol. The van der Waals surface area contributed by atoms with Crippen molar-refractivity contribution in [1.82, 2.24) is 5.32 Å². The van der Waals surface area contributed by atoms with Gasteiger partial charge in [-0.05, 0) is 42.0 Å². The molecule has 2 aromatic rings. The zero-order chi connectivity index (χ0) is 17.4. The Bertz CT molecular complexity index is 707. The number of benzene rings is 2. The molecular formula is C17H15Cl2NO3S. The smallest absolute Gasteiger partial charge is 0.316 e. The molecule has 4 nitrogen and oxygen atoms in total. The Morgan fingerprint density at radius 1 is 1.04 bits per heavy atom. The lowest BCUT2D eigenvalue weighted by Gasteiger charge is -2.07. The first-order valence-electron chi connectivity index (χ1n) is 7.08. The van der Waals surface area contributed by atoms with Crippen molar-refractivity contribution in [3.05, 3.63) is 64.1 Å². The molecule has 0 saturated heterocycles. The molecule has 7 heteroatoms. The Kier molecular flexibility index (Phi) is 7.43. The molecule has 2 aromatic carbocycles. The monoisotopic (exact) mass is 383 g/mol. The van der Waals surface area contributed by atoms with Crippen LogP contribution < -0.4 is 5.32 Å². The van der Waals surface area contributed by atoms with Crippen LogP contribution in [0.25, 0.3) is 0 Å². The minimum Gasteiger partial charge on any atom is -0.455 e. The van der Waals surface area contributed by atoms with Gasteiger partial charge in [0.25, 0.3) is 5.91 Å². The normalized spacial score (nSPS) is 10.2. The molecule has 2 rings (SSSR count). The molecule has 0 unspecified atom stereocenters. The molecule has 0 aliphatic heterocycles. The third-order valence-corrected chi connectivity index (χ3v) is 4.39. The van der Waals surface area contributed by atoms with E-state index in [1.54, 1.807) is 30.3 Å². The van der Waals surface area contributed by atoms with E-state index >= 15 is 0 Å². The van der Waals surface area contributed by atoms with E-state index in [9.17, 15) is 9.59 Å². The van der Waals surface area contributed by atoms with Gasteiger partial charge in [-0.2, -0.15) is 0 Å². The summed E-state index contributed by atoms with van der Waals surface area (Å²) in [7, 11) is 0. The molecular weight excluding hydrogens is 369 g/mol. The summed E-state index contributed by atoms with van der Waals surface area (Å²) in [5.41, 5.74) is 0.875. The van der Waals surface area contributed by atoms with Gasteiger partial charge in [0.1, 0.15) is 0 Å². The number of carbonyl (C=O) groups is 2. The summed E-state index contributed by atoms with van der Waals surface area (Å²) in [5.74, 6) is -0.684. The number of esters is 1. The number of amides is 1. The molecule has 1 amide bonds. The van der Waals surface area contributed by atoms with Crippen molar-refractivity contribution >= 4 is 46.8 Å². The van der Waals surface area contributed by atoms with Crippen molar-refractivity contribution in [2.24, 2.45) is 0 Å². The van der Waals surface area contributed by atoms with Gasteiger partial charge >= 0.3 is 5.97 Å². The lowest BCUT2D eigenvalue weighted by molar-refractivity contribution is -0.145. The Balaban J connectivity index is 1.65. The van der Waals surface area contributed by atoms with Gasteiger partial charge in [0.15, 0.2) is 6.61 Å². The third kappa shape index (κ3) is 6.83. The second-order valence-corrected chi connectivity index (χ2v) is 6.73. The average Bonchev–Trinajstić information content (AvgIpc) is 2.57. The zero-order valence-corrected chi connectivity index (χ0v) is 15.0. The van der Waals surface area contributed by atoms with E-state index in [4.69, 9.17) is 27.9 Å². The molecule has 0 aliphatic rings. The van der Waals surface area contributed by atoms with Crippen LogP contribution in [0.4, 0.5) is 0 Å². The van der Waals surface area contributed by atoms with Crippen LogP contribution in [0.3, 0.4) is 0 Å². The van der Waals surface area contributed by atoms with Crippen LogP contribution in [0.2, 0.25) is 10.0 Å². The number of carbonyl (C=O) groups excluding carboxylic acids is 2.